The van der Waals surface area contributed by atoms with Crippen LogP contribution in [0.4, 0.5) is 4.39 Å². The maximum Gasteiger partial charge on any atom is 0.142 e. The second kappa shape index (κ2) is 7.71. The average molecular weight is 370 g/mol. The number of hydrogen-bond donors (Lipinski definition) is 0. The summed E-state index contributed by atoms with van der Waals surface area (Å²) in [6.45, 7) is 0.975. The van der Waals surface area contributed by atoms with Crippen molar-refractivity contribution in [3.8, 4) is 0 Å². The van der Waals surface area contributed by atoms with E-state index in [1.807, 2.05) is 12.1 Å². The molecule has 0 aliphatic carbocycles. The maximum atomic E-state index is 13.8. The highest BCUT2D eigenvalue weighted by molar-refractivity contribution is 7.99. The smallest absolute Gasteiger partial charge is 0.142 e. The Morgan fingerprint density at radius 1 is 1.13 bits per heavy atom. The summed E-state index contributed by atoms with van der Waals surface area (Å²) in [5, 5.41) is 0.178. The molecule has 122 valence electrons. The van der Waals surface area contributed by atoms with Crippen molar-refractivity contribution in [3.63, 3.8) is 0 Å². The minimum absolute atomic E-state index is 0. The molecule has 0 saturated carbocycles. The number of halogens is 3. The lowest BCUT2D eigenvalue weighted by Gasteiger charge is -2.23. The molecule has 0 bridgehead atoms. The van der Waals surface area contributed by atoms with Gasteiger partial charge in [0.25, 0.3) is 0 Å². The van der Waals surface area contributed by atoms with Gasteiger partial charge in [-0.15, -0.1) is 12.4 Å². The molecule has 2 aromatic rings. The van der Waals surface area contributed by atoms with Gasteiger partial charge in [0.05, 0.1) is 5.02 Å². The summed E-state index contributed by atoms with van der Waals surface area (Å²) in [7, 11) is 4.12. The van der Waals surface area contributed by atoms with Crippen molar-refractivity contribution in [1.29, 1.82) is 0 Å². The van der Waals surface area contributed by atoms with Crippen LogP contribution in [0.5, 0.6) is 0 Å². The van der Waals surface area contributed by atoms with Crippen molar-refractivity contribution in [2.75, 3.05) is 20.6 Å². The molecular weight excluding hydrogens is 352 g/mol. The van der Waals surface area contributed by atoms with E-state index in [0.29, 0.717) is 0 Å². The molecule has 0 unspecified atom stereocenters. The van der Waals surface area contributed by atoms with Crippen LogP contribution < -0.4 is 0 Å². The molecule has 1 heterocycles. The Labute approximate surface area is 151 Å². The molecule has 0 saturated heterocycles. The lowest BCUT2D eigenvalue weighted by atomic mass is 9.96. The van der Waals surface area contributed by atoms with E-state index in [2.05, 4.69) is 37.2 Å². The van der Waals surface area contributed by atoms with Gasteiger partial charge in [-0.1, -0.05) is 47.6 Å². The predicted molar refractivity (Wildman–Crippen MR) is 99.5 cm³/mol. The highest BCUT2D eigenvalue weighted by Crippen LogP contribution is 2.46. The van der Waals surface area contributed by atoms with Gasteiger partial charge in [0, 0.05) is 16.3 Å². The van der Waals surface area contributed by atoms with Crippen molar-refractivity contribution < 1.29 is 4.39 Å². The van der Waals surface area contributed by atoms with Crippen molar-refractivity contribution in [2.45, 2.75) is 16.2 Å². The molecule has 5 heteroatoms. The van der Waals surface area contributed by atoms with Crippen molar-refractivity contribution in [1.82, 2.24) is 4.90 Å². The normalized spacial score (nSPS) is 14.4. The highest BCUT2D eigenvalue weighted by atomic mass is 35.5. The predicted octanol–water partition coefficient (Wildman–Crippen LogP) is 5.75. The quantitative estimate of drug-likeness (QED) is 0.578. The Kier molecular flexibility index (Phi) is 6.15. The van der Waals surface area contributed by atoms with Crippen molar-refractivity contribution >= 4 is 41.3 Å². The first-order chi connectivity index (χ1) is 10.6. The first-order valence-electron chi connectivity index (χ1n) is 7.18. The SMILES string of the molecule is CN(C)CCC=C1c2ccccc2Sc2cc(F)c(Cl)cc21.Cl. The lowest BCUT2D eigenvalue weighted by Crippen LogP contribution is -2.12. The van der Waals surface area contributed by atoms with Crippen molar-refractivity contribution in [2.24, 2.45) is 0 Å². The summed E-state index contributed by atoms with van der Waals surface area (Å²) < 4.78 is 13.8. The highest BCUT2D eigenvalue weighted by Gasteiger charge is 2.22. The fourth-order valence-electron chi connectivity index (χ4n) is 2.55. The molecule has 0 N–H and O–H groups in total. The molecule has 0 atom stereocenters. The van der Waals surface area contributed by atoms with Gasteiger partial charge in [-0.2, -0.15) is 0 Å². The van der Waals surface area contributed by atoms with E-state index >= 15 is 0 Å². The molecule has 23 heavy (non-hydrogen) atoms. The fraction of sp³-hybridized carbons (Fsp3) is 0.222. The Hall–Kier alpha value is -1.00. The first kappa shape index (κ1) is 18.3. The van der Waals surface area contributed by atoms with Gasteiger partial charge < -0.3 is 4.90 Å². The third-order valence-corrected chi connectivity index (χ3v) is 5.06. The third-order valence-electron chi connectivity index (χ3n) is 3.63. The summed E-state index contributed by atoms with van der Waals surface area (Å²) in [5.41, 5.74) is 3.36. The Balaban J connectivity index is 0.00000192. The van der Waals surface area contributed by atoms with Crippen LogP contribution in [0.2, 0.25) is 5.02 Å². The van der Waals surface area contributed by atoms with Crippen LogP contribution in [0.1, 0.15) is 17.5 Å². The molecule has 1 aliphatic heterocycles. The Morgan fingerprint density at radius 3 is 2.61 bits per heavy atom. The number of fused-ring (bicyclic) bond motifs is 2. The minimum Gasteiger partial charge on any atom is -0.309 e. The molecule has 0 spiro atoms. The molecule has 1 aliphatic rings. The standard InChI is InChI=1S/C18H17ClFNS.ClH/c1-21(2)9-5-7-12-13-6-3-4-8-17(13)22-18-11-16(20)15(19)10-14(12)18;/h3-4,6-8,10-11H,5,9H2,1-2H3;1H. The monoisotopic (exact) mass is 369 g/mol. The molecule has 1 nitrogen and oxygen atoms in total. The van der Waals surface area contributed by atoms with Gasteiger partial charge >= 0.3 is 0 Å². The Morgan fingerprint density at radius 2 is 1.87 bits per heavy atom. The third kappa shape index (κ3) is 3.92. The van der Waals surface area contributed by atoms with E-state index in [1.165, 1.54) is 11.6 Å². The molecule has 3 rings (SSSR count). The lowest BCUT2D eigenvalue weighted by molar-refractivity contribution is 0.417. The summed E-state index contributed by atoms with van der Waals surface area (Å²) in [4.78, 5) is 4.24. The van der Waals surface area contributed by atoms with Crippen LogP contribution >= 0.6 is 35.8 Å². The molecule has 0 aromatic heterocycles. The molecular formula is C18H18Cl2FNS. The maximum absolute atomic E-state index is 13.8. The molecule has 0 radical (unpaired) electrons. The minimum atomic E-state index is -0.361. The number of nitrogens with zero attached hydrogens (tertiary/aromatic N) is 1. The van der Waals surface area contributed by atoms with E-state index in [0.717, 1.165) is 33.9 Å². The molecule has 0 amide bonds. The van der Waals surface area contributed by atoms with Crippen LogP contribution in [-0.4, -0.2) is 25.5 Å². The summed E-state index contributed by atoms with van der Waals surface area (Å²) in [6.07, 6.45) is 3.17. The van der Waals surface area contributed by atoms with E-state index in [-0.39, 0.29) is 23.2 Å². The van der Waals surface area contributed by atoms with Crippen LogP contribution in [-0.2, 0) is 0 Å². The van der Waals surface area contributed by atoms with E-state index in [1.54, 1.807) is 17.8 Å². The van der Waals surface area contributed by atoms with E-state index in [4.69, 9.17) is 11.6 Å². The van der Waals surface area contributed by atoms with Gasteiger partial charge in [0.15, 0.2) is 0 Å². The summed E-state index contributed by atoms with van der Waals surface area (Å²) in [5.74, 6) is -0.361. The van der Waals surface area contributed by atoms with Crippen LogP contribution in [0.25, 0.3) is 5.57 Å². The van der Waals surface area contributed by atoms with Crippen LogP contribution in [0, 0.1) is 5.82 Å². The molecule has 2 aromatic carbocycles. The zero-order chi connectivity index (χ0) is 15.7. The number of rotatable bonds is 3. The second-order valence-corrected chi connectivity index (χ2v) is 7.06. The van der Waals surface area contributed by atoms with E-state index < -0.39 is 0 Å². The summed E-state index contributed by atoms with van der Waals surface area (Å²) >= 11 is 7.60. The van der Waals surface area contributed by atoms with Gasteiger partial charge in [-0.3, -0.25) is 0 Å². The van der Waals surface area contributed by atoms with Crippen LogP contribution in [0.3, 0.4) is 0 Å². The number of benzene rings is 2. The second-order valence-electron chi connectivity index (χ2n) is 5.57. The average Bonchev–Trinajstić information content (AvgIpc) is 2.48. The summed E-state index contributed by atoms with van der Waals surface area (Å²) in [6, 6.07) is 11.5. The largest absolute Gasteiger partial charge is 0.309 e. The van der Waals surface area contributed by atoms with Gasteiger partial charge in [0.1, 0.15) is 5.82 Å². The Bertz CT molecular complexity index is 744. The molecule has 0 fully saturated rings. The van der Waals surface area contributed by atoms with Gasteiger partial charge in [-0.25, -0.2) is 4.39 Å². The van der Waals surface area contributed by atoms with Gasteiger partial charge in [0.2, 0.25) is 0 Å². The zero-order valence-electron chi connectivity index (χ0n) is 13.0. The fourth-order valence-corrected chi connectivity index (χ4v) is 3.83. The van der Waals surface area contributed by atoms with E-state index in [9.17, 15) is 4.39 Å². The van der Waals surface area contributed by atoms with Gasteiger partial charge in [-0.05, 0) is 55.4 Å². The van der Waals surface area contributed by atoms with Crippen molar-refractivity contribution in [3.05, 3.63) is 64.4 Å². The van der Waals surface area contributed by atoms with Crippen LogP contribution in [0.15, 0.2) is 52.3 Å². The first-order valence-corrected chi connectivity index (χ1v) is 8.37. The zero-order valence-corrected chi connectivity index (χ0v) is 15.4. The topological polar surface area (TPSA) is 3.24 Å². The number of hydrogen-bond acceptors (Lipinski definition) is 2.